The van der Waals surface area contributed by atoms with Gasteiger partial charge >= 0.3 is 0 Å². The van der Waals surface area contributed by atoms with Crippen LogP contribution < -0.4 is 15.4 Å². The Balaban J connectivity index is 1.64. The van der Waals surface area contributed by atoms with E-state index < -0.39 is 0 Å². The van der Waals surface area contributed by atoms with Crippen LogP contribution in [0.4, 0.5) is 5.69 Å². The molecule has 0 spiro atoms. The summed E-state index contributed by atoms with van der Waals surface area (Å²) in [6, 6.07) is 22.4. The number of rotatable bonds is 7. The quantitative estimate of drug-likeness (QED) is 0.612. The molecule has 0 radical (unpaired) electrons. The Labute approximate surface area is 174 Å². The first-order chi connectivity index (χ1) is 14.1. The Bertz CT molecular complexity index is 1010. The molecule has 0 saturated carbocycles. The van der Waals surface area contributed by atoms with Gasteiger partial charge in [0.25, 0.3) is 11.8 Å². The molecule has 0 aliphatic heterocycles. The molecule has 29 heavy (non-hydrogen) atoms. The zero-order valence-corrected chi connectivity index (χ0v) is 16.7. The summed E-state index contributed by atoms with van der Waals surface area (Å²) in [5.41, 5.74) is 2.93. The molecule has 0 aliphatic carbocycles. The molecular weight excluding hydrogens is 388 g/mol. The minimum atomic E-state index is -0.329. The van der Waals surface area contributed by atoms with Crippen LogP contribution in [0.3, 0.4) is 0 Å². The minimum Gasteiger partial charge on any atom is -0.483 e. The summed E-state index contributed by atoms with van der Waals surface area (Å²) in [6.07, 6.45) is 0.714. The number of halogens is 1. The molecule has 148 valence electrons. The van der Waals surface area contributed by atoms with Gasteiger partial charge in [-0.1, -0.05) is 60.1 Å². The molecule has 3 aromatic carbocycles. The number of hydrogen-bond donors (Lipinski definition) is 2. The fraction of sp³-hybridized carbons (Fsp3) is 0.130. The maximum Gasteiger partial charge on any atom is 0.262 e. The molecule has 3 aromatic rings. The van der Waals surface area contributed by atoms with E-state index in [-0.39, 0.29) is 18.4 Å². The summed E-state index contributed by atoms with van der Waals surface area (Å²) in [6.45, 7) is -0.149. The maximum absolute atomic E-state index is 12.3. The van der Waals surface area contributed by atoms with Gasteiger partial charge in [-0.25, -0.2) is 0 Å². The third-order valence-corrected chi connectivity index (χ3v) is 4.62. The van der Waals surface area contributed by atoms with Crippen LogP contribution in [0.5, 0.6) is 5.75 Å². The van der Waals surface area contributed by atoms with Crippen molar-refractivity contribution in [3.05, 3.63) is 94.5 Å². The van der Waals surface area contributed by atoms with Crippen molar-refractivity contribution in [2.75, 3.05) is 19.0 Å². The molecule has 0 saturated heterocycles. The molecule has 0 aromatic heterocycles. The SMILES string of the molecule is CNC(=O)c1cc(NC(=O)COc2ccccc2Cc2ccccc2)ccc1Cl. The molecule has 0 heterocycles. The van der Waals surface area contributed by atoms with E-state index in [4.69, 9.17) is 16.3 Å². The molecule has 0 fully saturated rings. The molecule has 0 aliphatic rings. The van der Waals surface area contributed by atoms with Crippen LogP contribution in [0.1, 0.15) is 21.5 Å². The zero-order chi connectivity index (χ0) is 20.6. The van der Waals surface area contributed by atoms with Gasteiger partial charge < -0.3 is 15.4 Å². The smallest absolute Gasteiger partial charge is 0.262 e. The summed E-state index contributed by atoms with van der Waals surface area (Å²) >= 11 is 6.03. The summed E-state index contributed by atoms with van der Waals surface area (Å²) in [5, 5.41) is 5.55. The lowest BCUT2D eigenvalue weighted by Gasteiger charge is -2.12. The first-order valence-corrected chi connectivity index (χ1v) is 9.50. The van der Waals surface area contributed by atoms with Gasteiger partial charge in [0.1, 0.15) is 5.75 Å². The molecule has 5 nitrogen and oxygen atoms in total. The lowest BCUT2D eigenvalue weighted by atomic mass is 10.0. The molecule has 0 atom stereocenters. The van der Waals surface area contributed by atoms with Gasteiger partial charge in [-0.2, -0.15) is 0 Å². The van der Waals surface area contributed by atoms with Crippen LogP contribution in [-0.4, -0.2) is 25.5 Å². The Morgan fingerprint density at radius 1 is 0.966 bits per heavy atom. The van der Waals surface area contributed by atoms with Crippen molar-refractivity contribution in [2.24, 2.45) is 0 Å². The number of para-hydroxylation sites is 1. The number of benzene rings is 3. The zero-order valence-electron chi connectivity index (χ0n) is 15.9. The third kappa shape index (κ3) is 5.59. The highest BCUT2D eigenvalue weighted by Crippen LogP contribution is 2.22. The number of nitrogens with one attached hydrogen (secondary N) is 2. The number of carbonyl (C=O) groups is 2. The van der Waals surface area contributed by atoms with Crippen LogP contribution in [0, 0.1) is 0 Å². The fourth-order valence-corrected chi connectivity index (χ4v) is 3.06. The summed E-state index contributed by atoms with van der Waals surface area (Å²) in [5.74, 6) is 0.00976. The van der Waals surface area contributed by atoms with E-state index in [1.807, 2.05) is 54.6 Å². The standard InChI is InChI=1S/C23H21ClN2O3/c1-25-23(28)19-14-18(11-12-20(19)24)26-22(27)15-29-21-10-6-5-9-17(21)13-16-7-3-2-4-8-16/h2-12,14H,13,15H2,1H3,(H,25,28)(H,26,27). The van der Waals surface area contributed by atoms with Crippen molar-refractivity contribution in [1.29, 1.82) is 0 Å². The second kappa shape index (κ2) is 9.75. The monoisotopic (exact) mass is 408 g/mol. The van der Waals surface area contributed by atoms with Crippen molar-refractivity contribution in [2.45, 2.75) is 6.42 Å². The Morgan fingerprint density at radius 3 is 2.45 bits per heavy atom. The molecule has 2 N–H and O–H groups in total. The Kier molecular flexibility index (Phi) is 6.87. The van der Waals surface area contributed by atoms with Crippen LogP contribution in [0.15, 0.2) is 72.8 Å². The second-order valence-corrected chi connectivity index (χ2v) is 6.79. The Hall–Kier alpha value is -3.31. The van der Waals surface area contributed by atoms with Crippen LogP contribution in [-0.2, 0) is 11.2 Å². The average molecular weight is 409 g/mol. The normalized spacial score (nSPS) is 10.3. The van der Waals surface area contributed by atoms with E-state index in [0.29, 0.717) is 28.4 Å². The van der Waals surface area contributed by atoms with Gasteiger partial charge in [0, 0.05) is 19.2 Å². The van der Waals surface area contributed by atoms with E-state index in [1.54, 1.807) is 12.1 Å². The van der Waals surface area contributed by atoms with Crippen molar-refractivity contribution in [3.8, 4) is 5.75 Å². The molecule has 3 rings (SSSR count). The minimum absolute atomic E-state index is 0.149. The van der Waals surface area contributed by atoms with E-state index >= 15 is 0 Å². The molecule has 6 heteroatoms. The van der Waals surface area contributed by atoms with Gasteiger partial charge in [-0.15, -0.1) is 0 Å². The third-order valence-electron chi connectivity index (χ3n) is 4.29. The topological polar surface area (TPSA) is 67.4 Å². The number of anilines is 1. The van der Waals surface area contributed by atoms with Crippen molar-refractivity contribution in [1.82, 2.24) is 5.32 Å². The summed E-state index contributed by atoms with van der Waals surface area (Å²) < 4.78 is 5.75. The fourth-order valence-electron chi connectivity index (χ4n) is 2.86. The van der Waals surface area contributed by atoms with Crippen molar-refractivity contribution in [3.63, 3.8) is 0 Å². The molecular formula is C23H21ClN2O3. The van der Waals surface area contributed by atoms with Gasteiger partial charge in [0.15, 0.2) is 6.61 Å². The number of hydrogen-bond acceptors (Lipinski definition) is 3. The molecule has 2 amide bonds. The number of carbonyl (C=O) groups excluding carboxylic acids is 2. The predicted molar refractivity (Wildman–Crippen MR) is 115 cm³/mol. The lowest BCUT2D eigenvalue weighted by Crippen LogP contribution is -2.22. The Morgan fingerprint density at radius 2 is 1.69 bits per heavy atom. The lowest BCUT2D eigenvalue weighted by molar-refractivity contribution is -0.118. The highest BCUT2D eigenvalue weighted by atomic mass is 35.5. The van der Waals surface area contributed by atoms with Crippen molar-refractivity contribution < 1.29 is 14.3 Å². The molecule has 0 bridgehead atoms. The highest BCUT2D eigenvalue weighted by Gasteiger charge is 2.12. The van der Waals surface area contributed by atoms with E-state index in [2.05, 4.69) is 10.6 Å². The first kappa shape index (κ1) is 20.4. The van der Waals surface area contributed by atoms with E-state index in [1.165, 1.54) is 13.1 Å². The second-order valence-electron chi connectivity index (χ2n) is 6.38. The van der Waals surface area contributed by atoms with Crippen LogP contribution >= 0.6 is 11.6 Å². The maximum atomic E-state index is 12.3. The average Bonchev–Trinajstić information content (AvgIpc) is 2.74. The largest absolute Gasteiger partial charge is 0.483 e. The van der Waals surface area contributed by atoms with E-state index in [0.717, 1.165) is 11.1 Å². The molecule has 0 unspecified atom stereocenters. The number of ether oxygens (including phenoxy) is 1. The van der Waals surface area contributed by atoms with E-state index in [9.17, 15) is 9.59 Å². The van der Waals surface area contributed by atoms with Crippen molar-refractivity contribution >= 4 is 29.1 Å². The first-order valence-electron chi connectivity index (χ1n) is 9.13. The van der Waals surface area contributed by atoms with Crippen LogP contribution in [0.2, 0.25) is 5.02 Å². The summed E-state index contributed by atoms with van der Waals surface area (Å²) in [7, 11) is 1.52. The summed E-state index contributed by atoms with van der Waals surface area (Å²) in [4.78, 5) is 24.2. The van der Waals surface area contributed by atoms with Gasteiger partial charge in [0.2, 0.25) is 0 Å². The highest BCUT2D eigenvalue weighted by molar-refractivity contribution is 6.34. The van der Waals surface area contributed by atoms with Gasteiger partial charge in [0.05, 0.1) is 10.6 Å². The van der Waals surface area contributed by atoms with Gasteiger partial charge in [-0.05, 0) is 35.4 Å². The number of amides is 2. The van der Waals surface area contributed by atoms with Crippen LogP contribution in [0.25, 0.3) is 0 Å². The predicted octanol–water partition coefficient (Wildman–Crippen LogP) is 4.31. The van der Waals surface area contributed by atoms with Gasteiger partial charge in [-0.3, -0.25) is 9.59 Å².